The maximum atomic E-state index is 13.6. The predicted molar refractivity (Wildman–Crippen MR) is 118 cm³/mol. The zero-order valence-corrected chi connectivity index (χ0v) is 18.1. The van der Waals surface area contributed by atoms with Crippen molar-refractivity contribution in [2.24, 2.45) is 0 Å². The summed E-state index contributed by atoms with van der Waals surface area (Å²) < 4.78 is 11.6. The van der Waals surface area contributed by atoms with E-state index < -0.39 is 11.0 Å². The van der Waals surface area contributed by atoms with E-state index in [4.69, 9.17) is 9.47 Å². The third-order valence-electron chi connectivity index (χ3n) is 7.03. The first-order valence-corrected chi connectivity index (χ1v) is 11.2. The van der Waals surface area contributed by atoms with Crippen LogP contribution in [-0.2, 0) is 27.2 Å². The Bertz CT molecular complexity index is 1220. The second-order valence-corrected chi connectivity index (χ2v) is 9.04. The van der Waals surface area contributed by atoms with Crippen molar-refractivity contribution in [2.75, 3.05) is 13.1 Å². The fourth-order valence-corrected chi connectivity index (χ4v) is 5.07. The SMILES string of the molecule is O=C1O[C@]2(CCN(C(=O)C3(c4ccc(OCc5cccnc5)cc4)CC3)C2)c2ccncc21. The van der Waals surface area contributed by atoms with Crippen molar-refractivity contribution in [2.45, 2.75) is 36.9 Å². The van der Waals surface area contributed by atoms with Crippen LogP contribution in [0.2, 0.25) is 0 Å². The molecule has 2 aromatic heterocycles. The Kier molecular flexibility index (Phi) is 4.47. The molecule has 0 radical (unpaired) electrons. The van der Waals surface area contributed by atoms with Crippen LogP contribution in [0.4, 0.5) is 0 Å². The lowest BCUT2D eigenvalue weighted by molar-refractivity contribution is -0.134. The van der Waals surface area contributed by atoms with E-state index >= 15 is 0 Å². The highest BCUT2D eigenvalue weighted by Gasteiger charge is 2.57. The molecule has 1 spiro atoms. The summed E-state index contributed by atoms with van der Waals surface area (Å²) in [7, 11) is 0. The Hall–Kier alpha value is -3.74. The van der Waals surface area contributed by atoms with Gasteiger partial charge in [-0.05, 0) is 42.7 Å². The third-order valence-corrected chi connectivity index (χ3v) is 7.03. The highest BCUT2D eigenvalue weighted by atomic mass is 16.6. The second kappa shape index (κ2) is 7.40. The van der Waals surface area contributed by atoms with E-state index in [9.17, 15) is 9.59 Å². The molecule has 2 aliphatic heterocycles. The monoisotopic (exact) mass is 441 g/mol. The van der Waals surface area contributed by atoms with Gasteiger partial charge in [-0.25, -0.2) is 4.79 Å². The van der Waals surface area contributed by atoms with Gasteiger partial charge < -0.3 is 14.4 Å². The summed E-state index contributed by atoms with van der Waals surface area (Å²) in [5.41, 5.74) is 2.13. The summed E-state index contributed by atoms with van der Waals surface area (Å²) in [5, 5.41) is 0. The summed E-state index contributed by atoms with van der Waals surface area (Å²) in [4.78, 5) is 35.9. The van der Waals surface area contributed by atoms with Crippen molar-refractivity contribution in [3.05, 3.63) is 89.5 Å². The molecule has 7 heteroatoms. The largest absolute Gasteiger partial charge is 0.489 e. The van der Waals surface area contributed by atoms with Gasteiger partial charge in [0.1, 0.15) is 12.4 Å². The van der Waals surface area contributed by atoms with E-state index in [1.54, 1.807) is 24.8 Å². The number of esters is 1. The van der Waals surface area contributed by atoms with Crippen LogP contribution in [0.25, 0.3) is 0 Å². The molecule has 1 saturated carbocycles. The van der Waals surface area contributed by atoms with Gasteiger partial charge in [0, 0.05) is 48.9 Å². The Morgan fingerprint density at radius 3 is 2.61 bits per heavy atom. The Labute approximate surface area is 191 Å². The summed E-state index contributed by atoms with van der Waals surface area (Å²) >= 11 is 0. The lowest BCUT2D eigenvalue weighted by atomic mass is 9.92. The van der Waals surface area contributed by atoms with Crippen LogP contribution in [0.15, 0.2) is 67.3 Å². The molecule has 0 N–H and O–H groups in total. The fourth-order valence-electron chi connectivity index (χ4n) is 5.07. The molecule has 166 valence electrons. The topological polar surface area (TPSA) is 81.6 Å². The van der Waals surface area contributed by atoms with Gasteiger partial charge in [-0.1, -0.05) is 18.2 Å². The maximum absolute atomic E-state index is 13.6. The van der Waals surface area contributed by atoms with E-state index in [-0.39, 0.29) is 11.9 Å². The van der Waals surface area contributed by atoms with Gasteiger partial charge >= 0.3 is 5.97 Å². The molecule has 3 aliphatic rings. The van der Waals surface area contributed by atoms with Gasteiger partial charge in [0.2, 0.25) is 5.91 Å². The molecule has 2 fully saturated rings. The van der Waals surface area contributed by atoms with E-state index in [1.807, 2.05) is 47.4 Å². The minimum atomic E-state index is -0.745. The van der Waals surface area contributed by atoms with Crippen LogP contribution in [0.5, 0.6) is 5.75 Å². The first-order chi connectivity index (χ1) is 16.1. The van der Waals surface area contributed by atoms with Crippen LogP contribution in [0, 0.1) is 0 Å². The van der Waals surface area contributed by atoms with Crippen LogP contribution >= 0.6 is 0 Å². The number of fused-ring (bicyclic) bond motifs is 2. The number of likely N-dealkylation sites (tertiary alicyclic amines) is 1. The predicted octanol–water partition coefficient (Wildman–Crippen LogP) is 3.39. The number of nitrogens with zero attached hydrogens (tertiary/aromatic N) is 3. The quantitative estimate of drug-likeness (QED) is 0.565. The van der Waals surface area contributed by atoms with Gasteiger partial charge in [0.25, 0.3) is 0 Å². The van der Waals surface area contributed by atoms with Crippen LogP contribution in [0.1, 0.15) is 46.3 Å². The highest BCUT2D eigenvalue weighted by Crippen LogP contribution is 2.52. The fraction of sp³-hybridized carbons (Fsp3) is 0.308. The van der Waals surface area contributed by atoms with E-state index in [0.29, 0.717) is 31.7 Å². The third kappa shape index (κ3) is 3.26. The molecule has 1 aromatic carbocycles. The van der Waals surface area contributed by atoms with Crippen molar-refractivity contribution in [3.63, 3.8) is 0 Å². The molecule has 0 unspecified atom stereocenters. The van der Waals surface area contributed by atoms with Crippen LogP contribution < -0.4 is 4.74 Å². The molecule has 1 atom stereocenters. The smallest absolute Gasteiger partial charge is 0.341 e. The number of hydrogen-bond donors (Lipinski definition) is 0. The number of ether oxygens (including phenoxy) is 2. The Balaban J connectivity index is 1.16. The number of benzene rings is 1. The number of rotatable bonds is 5. The van der Waals surface area contributed by atoms with Crippen molar-refractivity contribution >= 4 is 11.9 Å². The molecular formula is C26H23N3O4. The van der Waals surface area contributed by atoms with Gasteiger partial charge in [-0.2, -0.15) is 0 Å². The summed E-state index contributed by atoms with van der Waals surface area (Å²) in [6.07, 6.45) is 9.01. The first kappa shape index (κ1) is 19.9. The summed E-state index contributed by atoms with van der Waals surface area (Å²) in [6.45, 7) is 1.41. The van der Waals surface area contributed by atoms with Crippen molar-refractivity contribution in [3.8, 4) is 5.75 Å². The second-order valence-electron chi connectivity index (χ2n) is 9.04. The average Bonchev–Trinajstić information content (AvgIpc) is 3.49. The molecule has 3 aromatic rings. The van der Waals surface area contributed by atoms with Crippen molar-refractivity contribution in [1.29, 1.82) is 0 Å². The van der Waals surface area contributed by atoms with Crippen molar-refractivity contribution in [1.82, 2.24) is 14.9 Å². The normalized spacial score (nSPS) is 22.2. The number of carbonyl (C=O) groups excluding carboxylic acids is 2. The molecular weight excluding hydrogens is 418 g/mol. The van der Waals surface area contributed by atoms with Crippen molar-refractivity contribution < 1.29 is 19.1 Å². The van der Waals surface area contributed by atoms with E-state index in [2.05, 4.69) is 9.97 Å². The minimum absolute atomic E-state index is 0.113. The highest BCUT2D eigenvalue weighted by molar-refractivity contribution is 5.95. The van der Waals surface area contributed by atoms with Gasteiger partial charge in [0.05, 0.1) is 17.5 Å². The number of hydrogen-bond acceptors (Lipinski definition) is 6. The summed E-state index contributed by atoms with van der Waals surface area (Å²) in [6, 6.07) is 13.5. The number of pyridine rings is 2. The van der Waals surface area contributed by atoms with Crippen LogP contribution in [-0.4, -0.2) is 39.8 Å². The first-order valence-electron chi connectivity index (χ1n) is 11.2. The van der Waals surface area contributed by atoms with E-state index in [0.717, 1.165) is 35.3 Å². The van der Waals surface area contributed by atoms with Gasteiger partial charge in [-0.3, -0.25) is 14.8 Å². The molecule has 6 rings (SSSR count). The number of carbonyl (C=O) groups is 2. The Morgan fingerprint density at radius 2 is 1.85 bits per heavy atom. The molecule has 1 aliphatic carbocycles. The zero-order chi connectivity index (χ0) is 22.5. The lowest BCUT2D eigenvalue weighted by Crippen LogP contribution is -2.40. The number of amides is 1. The molecule has 33 heavy (non-hydrogen) atoms. The van der Waals surface area contributed by atoms with Crippen LogP contribution in [0.3, 0.4) is 0 Å². The van der Waals surface area contributed by atoms with Gasteiger partial charge in [-0.15, -0.1) is 0 Å². The number of aromatic nitrogens is 2. The lowest BCUT2D eigenvalue weighted by Gasteiger charge is -2.27. The molecule has 1 amide bonds. The molecule has 0 bridgehead atoms. The standard InChI is InChI=1S/C26H23N3O4/c30-23-21-15-28-12-7-22(21)26(33-23)10-13-29(17-26)24(31)25(8-9-25)19-3-5-20(6-4-19)32-16-18-2-1-11-27-14-18/h1-7,11-12,14-15H,8-10,13,16-17H2/t26-/m0/s1. The van der Waals surface area contributed by atoms with E-state index in [1.165, 1.54) is 0 Å². The Morgan fingerprint density at radius 1 is 1.03 bits per heavy atom. The summed E-state index contributed by atoms with van der Waals surface area (Å²) in [5.74, 6) is 0.520. The maximum Gasteiger partial charge on any atom is 0.341 e. The zero-order valence-electron chi connectivity index (χ0n) is 18.1. The molecule has 4 heterocycles. The minimum Gasteiger partial charge on any atom is -0.489 e. The molecule has 7 nitrogen and oxygen atoms in total. The average molecular weight is 441 g/mol. The van der Waals surface area contributed by atoms with Gasteiger partial charge in [0.15, 0.2) is 5.60 Å². The molecule has 1 saturated heterocycles.